The van der Waals surface area contributed by atoms with Gasteiger partial charge in [0.2, 0.25) is 5.88 Å². The number of aryl methyl sites for hydroxylation is 1. The predicted octanol–water partition coefficient (Wildman–Crippen LogP) is 2.92. The third-order valence-corrected chi connectivity index (χ3v) is 2.27. The van der Waals surface area contributed by atoms with Gasteiger partial charge in [-0.1, -0.05) is 27.7 Å². The average Bonchev–Trinajstić information content (AvgIpc) is 2.23. The fraction of sp³-hybridized carbons (Fsp3) is 0.643. The molecule has 0 aliphatic carbocycles. The lowest BCUT2D eigenvalue weighted by molar-refractivity contribution is 0.260. The van der Waals surface area contributed by atoms with Gasteiger partial charge in [0.1, 0.15) is 0 Å². The van der Waals surface area contributed by atoms with Gasteiger partial charge in [-0.05, 0) is 24.5 Å². The normalized spacial score (nSPS) is 11.2. The van der Waals surface area contributed by atoms with Gasteiger partial charge in [0, 0.05) is 24.3 Å². The maximum atomic E-state index is 5.66. The van der Waals surface area contributed by atoms with E-state index < -0.39 is 0 Å². The van der Waals surface area contributed by atoms with E-state index in [0.29, 0.717) is 18.6 Å². The van der Waals surface area contributed by atoms with Gasteiger partial charge in [-0.2, -0.15) is 0 Å². The number of aromatic nitrogens is 1. The first-order valence-corrected chi connectivity index (χ1v) is 6.31. The molecule has 1 rings (SSSR count). The molecule has 0 saturated heterocycles. The van der Waals surface area contributed by atoms with E-state index in [9.17, 15) is 0 Å². The molecule has 1 aromatic rings. The minimum Gasteiger partial charge on any atom is -0.477 e. The zero-order valence-corrected chi connectivity index (χ0v) is 11.6. The first kappa shape index (κ1) is 14.0. The quantitative estimate of drug-likeness (QED) is 0.824. The topological polar surface area (TPSA) is 34.1 Å². The molecule has 0 unspecified atom stereocenters. The van der Waals surface area contributed by atoms with Gasteiger partial charge in [-0.25, -0.2) is 4.98 Å². The molecule has 0 aromatic carbocycles. The van der Waals surface area contributed by atoms with Crippen LogP contribution in [0.2, 0.25) is 0 Å². The molecule has 0 atom stereocenters. The Hall–Kier alpha value is -1.09. The van der Waals surface area contributed by atoms with Gasteiger partial charge >= 0.3 is 0 Å². The molecule has 96 valence electrons. The third-order valence-electron chi connectivity index (χ3n) is 2.27. The van der Waals surface area contributed by atoms with E-state index in [1.54, 1.807) is 0 Å². The number of hydrogen-bond donors (Lipinski definition) is 1. The Labute approximate surface area is 105 Å². The summed E-state index contributed by atoms with van der Waals surface area (Å²) >= 11 is 0. The lowest BCUT2D eigenvalue weighted by atomic mass is 10.2. The highest BCUT2D eigenvalue weighted by Crippen LogP contribution is 2.13. The summed E-state index contributed by atoms with van der Waals surface area (Å²) in [6, 6.07) is 4.60. The summed E-state index contributed by atoms with van der Waals surface area (Å²) in [7, 11) is 0. The van der Waals surface area contributed by atoms with Crippen LogP contribution in [-0.2, 0) is 6.54 Å². The van der Waals surface area contributed by atoms with Gasteiger partial charge in [0.15, 0.2) is 0 Å². The maximum Gasteiger partial charge on any atom is 0.213 e. The lowest BCUT2D eigenvalue weighted by Gasteiger charge is -2.12. The van der Waals surface area contributed by atoms with Gasteiger partial charge in [0.05, 0.1) is 6.61 Å². The maximum absolute atomic E-state index is 5.66. The summed E-state index contributed by atoms with van der Waals surface area (Å²) in [5, 5.41) is 3.40. The molecule has 1 N–H and O–H groups in total. The van der Waals surface area contributed by atoms with E-state index in [0.717, 1.165) is 18.1 Å². The molecule has 0 saturated carbocycles. The molecule has 3 nitrogen and oxygen atoms in total. The summed E-state index contributed by atoms with van der Waals surface area (Å²) in [6.07, 6.45) is 0. The van der Waals surface area contributed by atoms with Gasteiger partial charge in [-0.3, -0.25) is 0 Å². The van der Waals surface area contributed by atoms with Gasteiger partial charge < -0.3 is 10.1 Å². The molecule has 1 aromatic heterocycles. The Balaban J connectivity index is 2.65. The third kappa shape index (κ3) is 5.68. The molecular formula is C14H24N2O. The molecule has 0 aliphatic rings. The van der Waals surface area contributed by atoms with Crippen molar-refractivity contribution < 1.29 is 4.74 Å². The van der Waals surface area contributed by atoms with E-state index in [-0.39, 0.29) is 0 Å². The van der Waals surface area contributed by atoms with Crippen molar-refractivity contribution in [2.45, 2.75) is 47.2 Å². The minimum absolute atomic E-state index is 0.489. The summed E-state index contributed by atoms with van der Waals surface area (Å²) in [6.45, 7) is 12.1. The van der Waals surface area contributed by atoms with E-state index in [4.69, 9.17) is 4.74 Å². The number of hydrogen-bond acceptors (Lipinski definition) is 3. The Kier molecular flexibility index (Phi) is 5.42. The predicted molar refractivity (Wildman–Crippen MR) is 71.3 cm³/mol. The molecule has 0 amide bonds. The first-order chi connectivity index (χ1) is 7.97. The van der Waals surface area contributed by atoms with E-state index in [2.05, 4.69) is 44.1 Å². The molecule has 0 spiro atoms. The van der Waals surface area contributed by atoms with Crippen LogP contribution in [-0.4, -0.2) is 17.6 Å². The van der Waals surface area contributed by atoms with Crippen LogP contribution in [0.1, 0.15) is 39.0 Å². The Morgan fingerprint density at radius 1 is 1.24 bits per heavy atom. The van der Waals surface area contributed by atoms with Crippen LogP contribution >= 0.6 is 0 Å². The van der Waals surface area contributed by atoms with Crippen molar-refractivity contribution in [1.29, 1.82) is 0 Å². The highest BCUT2D eigenvalue weighted by molar-refractivity contribution is 5.24. The monoisotopic (exact) mass is 236 g/mol. The van der Waals surface area contributed by atoms with Crippen molar-refractivity contribution in [3.8, 4) is 5.88 Å². The highest BCUT2D eigenvalue weighted by atomic mass is 16.5. The number of ether oxygens (including phenoxy) is 1. The minimum atomic E-state index is 0.489. The van der Waals surface area contributed by atoms with Crippen LogP contribution in [0.15, 0.2) is 12.1 Å². The molecule has 1 heterocycles. The largest absolute Gasteiger partial charge is 0.477 e. The number of rotatable bonds is 6. The molecule has 0 aliphatic heterocycles. The fourth-order valence-electron chi connectivity index (χ4n) is 1.46. The van der Waals surface area contributed by atoms with Crippen LogP contribution in [0.25, 0.3) is 0 Å². The van der Waals surface area contributed by atoms with Crippen LogP contribution in [0, 0.1) is 12.8 Å². The van der Waals surface area contributed by atoms with Crippen LogP contribution in [0.4, 0.5) is 0 Å². The standard InChI is InChI=1S/C14H24N2O/c1-10(2)9-17-14-7-13(6-12(5)16-14)8-15-11(3)4/h6-7,10-11,15H,8-9H2,1-5H3. The SMILES string of the molecule is Cc1cc(CNC(C)C)cc(OCC(C)C)n1. The Bertz CT molecular complexity index is 318. The highest BCUT2D eigenvalue weighted by Gasteiger charge is 2.03. The zero-order valence-electron chi connectivity index (χ0n) is 11.6. The zero-order chi connectivity index (χ0) is 12.8. The number of nitrogens with zero attached hydrogens (tertiary/aromatic N) is 1. The summed E-state index contributed by atoms with van der Waals surface area (Å²) in [4.78, 5) is 4.38. The fourth-order valence-corrected chi connectivity index (χ4v) is 1.46. The van der Waals surface area contributed by atoms with Crippen molar-refractivity contribution in [3.63, 3.8) is 0 Å². The summed E-state index contributed by atoms with van der Waals surface area (Å²) in [5.41, 5.74) is 2.23. The van der Waals surface area contributed by atoms with Crippen molar-refractivity contribution in [3.05, 3.63) is 23.4 Å². The van der Waals surface area contributed by atoms with Gasteiger partial charge in [-0.15, -0.1) is 0 Å². The second-order valence-electron chi connectivity index (χ2n) is 5.20. The Morgan fingerprint density at radius 3 is 2.53 bits per heavy atom. The van der Waals surface area contributed by atoms with Crippen molar-refractivity contribution in [2.75, 3.05) is 6.61 Å². The van der Waals surface area contributed by atoms with Crippen LogP contribution in [0.3, 0.4) is 0 Å². The first-order valence-electron chi connectivity index (χ1n) is 6.31. The second kappa shape index (κ2) is 6.60. The van der Waals surface area contributed by atoms with Crippen molar-refractivity contribution >= 4 is 0 Å². The second-order valence-corrected chi connectivity index (χ2v) is 5.20. The molecule has 0 bridgehead atoms. The van der Waals surface area contributed by atoms with E-state index in [1.807, 2.05) is 13.0 Å². The molecule has 17 heavy (non-hydrogen) atoms. The van der Waals surface area contributed by atoms with Crippen LogP contribution < -0.4 is 10.1 Å². The summed E-state index contributed by atoms with van der Waals surface area (Å²) < 4.78 is 5.66. The molecule has 0 fully saturated rings. The van der Waals surface area contributed by atoms with Crippen LogP contribution in [0.5, 0.6) is 5.88 Å². The molecular weight excluding hydrogens is 212 g/mol. The number of nitrogens with one attached hydrogen (secondary N) is 1. The molecule has 0 radical (unpaired) electrons. The Morgan fingerprint density at radius 2 is 1.94 bits per heavy atom. The van der Waals surface area contributed by atoms with E-state index >= 15 is 0 Å². The van der Waals surface area contributed by atoms with Crippen molar-refractivity contribution in [2.24, 2.45) is 5.92 Å². The van der Waals surface area contributed by atoms with Gasteiger partial charge in [0.25, 0.3) is 0 Å². The smallest absolute Gasteiger partial charge is 0.213 e. The van der Waals surface area contributed by atoms with E-state index in [1.165, 1.54) is 5.56 Å². The average molecular weight is 236 g/mol. The van der Waals surface area contributed by atoms with Crippen molar-refractivity contribution in [1.82, 2.24) is 10.3 Å². The summed E-state index contributed by atoms with van der Waals surface area (Å²) in [5.74, 6) is 1.26. The number of pyridine rings is 1. The molecule has 3 heteroatoms. The lowest BCUT2D eigenvalue weighted by Crippen LogP contribution is -2.22.